The summed E-state index contributed by atoms with van der Waals surface area (Å²) < 4.78 is 0.909. The maximum atomic E-state index is 12.1. The summed E-state index contributed by atoms with van der Waals surface area (Å²) in [5.74, 6) is -0.103. The lowest BCUT2D eigenvalue weighted by atomic mass is 10.0. The molecule has 0 heterocycles. The van der Waals surface area contributed by atoms with Gasteiger partial charge in [-0.15, -0.1) is 0 Å². The maximum absolute atomic E-state index is 12.1. The summed E-state index contributed by atoms with van der Waals surface area (Å²) in [6.45, 7) is 5.92. The topological polar surface area (TPSA) is 55.1 Å². The smallest absolute Gasteiger partial charge is 0.228 e. The number of nitrogens with one attached hydrogen (secondary N) is 1. The Labute approximate surface area is 133 Å². The van der Waals surface area contributed by atoms with E-state index >= 15 is 0 Å². The van der Waals surface area contributed by atoms with Crippen molar-refractivity contribution in [3.8, 4) is 0 Å². The third-order valence-corrected chi connectivity index (χ3v) is 3.68. The lowest BCUT2D eigenvalue weighted by Crippen LogP contribution is -2.12. The second-order valence-corrected chi connectivity index (χ2v) is 5.79. The molecule has 1 amide bonds. The van der Waals surface area contributed by atoms with E-state index in [1.165, 1.54) is 0 Å². The number of aryl methyl sites for hydroxylation is 1. The number of rotatable bonds is 4. The summed E-state index contributed by atoms with van der Waals surface area (Å²) in [5.41, 5.74) is 9.88. The van der Waals surface area contributed by atoms with Crippen LogP contribution in [-0.4, -0.2) is 5.91 Å². The Morgan fingerprint density at radius 1 is 1.29 bits per heavy atom. The molecule has 0 aliphatic carbocycles. The Bertz CT molecular complexity index is 695. The van der Waals surface area contributed by atoms with Crippen molar-refractivity contribution < 1.29 is 4.79 Å². The van der Waals surface area contributed by atoms with Gasteiger partial charge in [0.25, 0.3) is 0 Å². The van der Waals surface area contributed by atoms with Crippen molar-refractivity contribution >= 4 is 38.8 Å². The van der Waals surface area contributed by atoms with Crippen LogP contribution in [0.4, 0.5) is 11.4 Å². The van der Waals surface area contributed by atoms with Crippen molar-refractivity contribution in [2.24, 2.45) is 0 Å². The summed E-state index contributed by atoms with van der Waals surface area (Å²) in [6, 6.07) is 13.2. The highest BCUT2D eigenvalue weighted by molar-refractivity contribution is 9.10. The summed E-state index contributed by atoms with van der Waals surface area (Å²) in [4.78, 5) is 12.1. The molecule has 0 saturated heterocycles. The highest BCUT2D eigenvalue weighted by Gasteiger charge is 2.10. The highest BCUT2D eigenvalue weighted by atomic mass is 79.9. The Morgan fingerprint density at radius 2 is 2.00 bits per heavy atom. The maximum Gasteiger partial charge on any atom is 0.228 e. The van der Waals surface area contributed by atoms with Gasteiger partial charge in [-0.05, 0) is 42.3 Å². The molecular weight excluding hydrogens is 328 g/mol. The van der Waals surface area contributed by atoms with Gasteiger partial charge in [0.2, 0.25) is 5.91 Å². The molecule has 0 radical (unpaired) electrons. The van der Waals surface area contributed by atoms with Gasteiger partial charge in [-0.1, -0.05) is 40.7 Å². The molecule has 0 saturated carbocycles. The van der Waals surface area contributed by atoms with E-state index in [4.69, 9.17) is 5.73 Å². The molecule has 4 heteroatoms. The monoisotopic (exact) mass is 344 g/mol. The zero-order valence-electron chi connectivity index (χ0n) is 11.8. The standard InChI is InChI=1S/C17H17BrN2O/c1-11-5-3-4-6-16(11)20-17(21)9-12(2)14-10-13(18)7-8-15(14)19/h3-8,10H,2,9,19H2,1H3,(H,20,21). The number of para-hydroxylation sites is 1. The molecule has 2 aromatic rings. The number of hydrogen-bond donors (Lipinski definition) is 2. The highest BCUT2D eigenvalue weighted by Crippen LogP contribution is 2.26. The molecule has 0 atom stereocenters. The number of benzene rings is 2. The van der Waals surface area contributed by atoms with Crippen LogP contribution in [0.15, 0.2) is 53.5 Å². The fourth-order valence-corrected chi connectivity index (χ4v) is 2.39. The molecule has 2 rings (SSSR count). The minimum Gasteiger partial charge on any atom is -0.398 e. The normalized spacial score (nSPS) is 10.2. The van der Waals surface area contributed by atoms with Gasteiger partial charge in [0.1, 0.15) is 0 Å². The molecule has 2 aromatic carbocycles. The van der Waals surface area contributed by atoms with E-state index in [9.17, 15) is 4.79 Å². The van der Waals surface area contributed by atoms with Crippen molar-refractivity contribution in [1.82, 2.24) is 0 Å². The molecule has 3 nitrogen and oxygen atoms in total. The van der Waals surface area contributed by atoms with Crippen molar-refractivity contribution in [3.05, 3.63) is 64.6 Å². The molecule has 0 aliphatic rings. The summed E-state index contributed by atoms with van der Waals surface area (Å²) in [5, 5.41) is 2.89. The Kier molecular flexibility index (Phi) is 4.81. The molecule has 0 aliphatic heterocycles. The third kappa shape index (κ3) is 3.95. The Hall–Kier alpha value is -2.07. The number of amides is 1. The van der Waals surface area contributed by atoms with Crippen LogP contribution in [0.3, 0.4) is 0 Å². The van der Waals surface area contributed by atoms with Crippen LogP contribution in [0, 0.1) is 6.92 Å². The van der Waals surface area contributed by atoms with E-state index in [0.29, 0.717) is 11.3 Å². The van der Waals surface area contributed by atoms with Gasteiger partial charge >= 0.3 is 0 Å². The summed E-state index contributed by atoms with van der Waals surface area (Å²) in [7, 11) is 0. The lowest BCUT2D eigenvalue weighted by Gasteiger charge is -2.11. The Balaban J connectivity index is 2.08. The molecule has 108 valence electrons. The van der Waals surface area contributed by atoms with E-state index in [2.05, 4.69) is 27.8 Å². The van der Waals surface area contributed by atoms with Crippen molar-refractivity contribution in [2.75, 3.05) is 11.1 Å². The third-order valence-electron chi connectivity index (χ3n) is 3.19. The summed E-state index contributed by atoms with van der Waals surface area (Å²) in [6.07, 6.45) is 0.203. The van der Waals surface area contributed by atoms with Gasteiger partial charge in [-0.3, -0.25) is 4.79 Å². The largest absolute Gasteiger partial charge is 0.398 e. The fraction of sp³-hybridized carbons (Fsp3) is 0.118. The second-order valence-electron chi connectivity index (χ2n) is 4.88. The number of halogens is 1. The van der Waals surface area contributed by atoms with Crippen molar-refractivity contribution in [2.45, 2.75) is 13.3 Å². The number of nitrogens with two attached hydrogens (primary N) is 1. The van der Waals surface area contributed by atoms with E-state index in [1.807, 2.05) is 43.3 Å². The average Bonchev–Trinajstić information content (AvgIpc) is 2.44. The first-order chi connectivity index (χ1) is 9.97. The predicted molar refractivity (Wildman–Crippen MR) is 92.0 cm³/mol. The van der Waals surface area contributed by atoms with Gasteiger partial charge in [0.15, 0.2) is 0 Å². The van der Waals surface area contributed by atoms with Gasteiger partial charge < -0.3 is 11.1 Å². The van der Waals surface area contributed by atoms with Crippen LogP contribution in [0.5, 0.6) is 0 Å². The first-order valence-corrected chi connectivity index (χ1v) is 7.35. The minimum atomic E-state index is -0.103. The van der Waals surface area contributed by atoms with E-state index in [1.54, 1.807) is 6.07 Å². The molecule has 0 aromatic heterocycles. The SMILES string of the molecule is C=C(CC(=O)Nc1ccccc1C)c1cc(Br)ccc1N. The zero-order valence-corrected chi connectivity index (χ0v) is 13.4. The van der Waals surface area contributed by atoms with Crippen molar-refractivity contribution in [3.63, 3.8) is 0 Å². The number of nitrogen functional groups attached to an aromatic ring is 1. The summed E-state index contributed by atoms with van der Waals surface area (Å²) >= 11 is 3.40. The predicted octanol–water partition coefficient (Wildman–Crippen LogP) is 4.38. The number of anilines is 2. The molecule has 0 bridgehead atoms. The fourth-order valence-electron chi connectivity index (χ4n) is 2.03. The van der Waals surface area contributed by atoms with Crippen LogP contribution >= 0.6 is 15.9 Å². The van der Waals surface area contributed by atoms with Crippen molar-refractivity contribution in [1.29, 1.82) is 0 Å². The molecule has 0 unspecified atom stereocenters. The molecular formula is C17H17BrN2O. The van der Waals surface area contributed by atoms with Crippen LogP contribution in [0.1, 0.15) is 17.5 Å². The average molecular weight is 345 g/mol. The van der Waals surface area contributed by atoms with Crippen LogP contribution in [0.2, 0.25) is 0 Å². The first-order valence-electron chi connectivity index (χ1n) is 6.56. The number of carbonyl (C=O) groups excluding carboxylic acids is 1. The van der Waals surface area contributed by atoms with Gasteiger partial charge in [0, 0.05) is 21.4 Å². The molecule has 3 N–H and O–H groups in total. The number of carbonyl (C=O) groups is 1. The van der Waals surface area contributed by atoms with E-state index in [-0.39, 0.29) is 12.3 Å². The molecule has 0 fully saturated rings. The minimum absolute atomic E-state index is 0.103. The van der Waals surface area contributed by atoms with Crippen LogP contribution < -0.4 is 11.1 Å². The van der Waals surface area contributed by atoms with Gasteiger partial charge in [-0.25, -0.2) is 0 Å². The first kappa shape index (κ1) is 15.3. The Morgan fingerprint density at radius 3 is 2.71 bits per heavy atom. The van der Waals surface area contributed by atoms with Crippen LogP contribution in [-0.2, 0) is 4.79 Å². The number of hydrogen-bond acceptors (Lipinski definition) is 2. The van der Waals surface area contributed by atoms with Crippen LogP contribution in [0.25, 0.3) is 5.57 Å². The van der Waals surface area contributed by atoms with E-state index in [0.717, 1.165) is 21.3 Å². The van der Waals surface area contributed by atoms with Gasteiger partial charge in [-0.2, -0.15) is 0 Å². The zero-order chi connectivity index (χ0) is 15.4. The molecule has 0 spiro atoms. The van der Waals surface area contributed by atoms with E-state index < -0.39 is 0 Å². The lowest BCUT2D eigenvalue weighted by molar-refractivity contribution is -0.115. The second kappa shape index (κ2) is 6.59. The quantitative estimate of drug-likeness (QED) is 0.808. The molecule has 21 heavy (non-hydrogen) atoms. The van der Waals surface area contributed by atoms with Gasteiger partial charge in [0.05, 0.1) is 6.42 Å².